The predicted octanol–water partition coefficient (Wildman–Crippen LogP) is 5.41. The van der Waals surface area contributed by atoms with Gasteiger partial charge in [0, 0.05) is 60.2 Å². The van der Waals surface area contributed by atoms with Crippen LogP contribution in [-0.2, 0) is 24.2 Å². The zero-order valence-electron chi connectivity index (χ0n) is 26.7. The second kappa shape index (κ2) is 14.1. The van der Waals surface area contributed by atoms with Crippen molar-refractivity contribution >= 4 is 35.2 Å². The van der Waals surface area contributed by atoms with Gasteiger partial charge in [-0.25, -0.2) is 9.78 Å². The molecule has 6 rings (SSSR count). The first-order valence-corrected chi connectivity index (χ1v) is 15.6. The number of nitrogens with zero attached hydrogens (tertiary/aromatic N) is 5. The van der Waals surface area contributed by atoms with Crippen molar-refractivity contribution in [1.29, 1.82) is 0 Å². The summed E-state index contributed by atoms with van der Waals surface area (Å²) in [5, 5.41) is 2.95. The Morgan fingerprint density at radius 3 is 2.52 bits per heavy atom. The van der Waals surface area contributed by atoms with E-state index in [4.69, 9.17) is 10.7 Å². The van der Waals surface area contributed by atoms with Gasteiger partial charge in [0.2, 0.25) is 5.95 Å². The minimum atomic E-state index is -0.555. The first-order valence-electron chi connectivity index (χ1n) is 15.6. The Hall–Kier alpha value is -6.16. The van der Waals surface area contributed by atoms with Gasteiger partial charge in [0.25, 0.3) is 5.91 Å². The number of fused-ring (bicyclic) bond motifs is 2. The molecule has 2 aliphatic rings. The third-order valence-corrected chi connectivity index (χ3v) is 8.17. The highest BCUT2D eigenvalue weighted by molar-refractivity contribution is 6.16. The minimum Gasteiger partial charge on any atom is -0.368 e. The molecule has 0 spiro atoms. The molecule has 0 aliphatic carbocycles. The fourth-order valence-corrected chi connectivity index (χ4v) is 5.71. The largest absolute Gasteiger partial charge is 0.368 e. The quantitative estimate of drug-likeness (QED) is 0.248. The molecule has 240 valence electrons. The summed E-state index contributed by atoms with van der Waals surface area (Å²) in [5.41, 5.74) is 11.5. The van der Waals surface area contributed by atoms with Crippen molar-refractivity contribution in [2.45, 2.75) is 32.4 Å². The fourth-order valence-electron chi connectivity index (χ4n) is 5.71. The summed E-state index contributed by atoms with van der Waals surface area (Å²) in [6.07, 6.45) is 10.9. The van der Waals surface area contributed by atoms with Crippen molar-refractivity contribution in [3.05, 3.63) is 155 Å². The van der Waals surface area contributed by atoms with Crippen molar-refractivity contribution in [2.24, 2.45) is 4.99 Å². The number of nitrogen functional groups attached to an aromatic ring is 1. The molecule has 48 heavy (non-hydrogen) atoms. The third kappa shape index (κ3) is 6.97. The molecule has 0 bridgehead atoms. The van der Waals surface area contributed by atoms with Crippen LogP contribution in [0.25, 0.3) is 0 Å². The van der Waals surface area contributed by atoms with E-state index >= 15 is 0 Å². The van der Waals surface area contributed by atoms with E-state index in [0.29, 0.717) is 23.5 Å². The van der Waals surface area contributed by atoms with Crippen LogP contribution in [0.5, 0.6) is 0 Å². The van der Waals surface area contributed by atoms with Gasteiger partial charge in [-0.2, -0.15) is 4.98 Å². The molecule has 3 N–H and O–H groups in total. The summed E-state index contributed by atoms with van der Waals surface area (Å²) in [6.45, 7) is 2.11. The van der Waals surface area contributed by atoms with E-state index in [1.807, 2.05) is 79.7 Å². The van der Waals surface area contributed by atoms with E-state index in [2.05, 4.69) is 15.3 Å². The van der Waals surface area contributed by atoms with Gasteiger partial charge in [-0.05, 0) is 42.3 Å². The first kappa shape index (κ1) is 31.8. The Labute approximate surface area is 279 Å². The number of ketones is 1. The third-order valence-electron chi connectivity index (χ3n) is 8.17. The fraction of sp³-hybridized carbons (Fsp3) is 0.158. The van der Waals surface area contributed by atoms with Gasteiger partial charge >= 0.3 is 6.03 Å². The van der Waals surface area contributed by atoms with Crippen LogP contribution in [0.4, 0.5) is 16.6 Å². The molecule has 3 heterocycles. The molecule has 0 fully saturated rings. The van der Waals surface area contributed by atoms with Crippen molar-refractivity contribution < 1.29 is 14.4 Å². The Morgan fingerprint density at radius 2 is 1.77 bits per heavy atom. The van der Waals surface area contributed by atoms with E-state index in [0.717, 1.165) is 33.5 Å². The molecule has 1 atom stereocenters. The number of aromatic nitrogens is 2. The number of benzene rings is 3. The summed E-state index contributed by atoms with van der Waals surface area (Å²) in [6, 6.07) is 24.2. The number of hydrogen-bond donors (Lipinski definition) is 2. The van der Waals surface area contributed by atoms with Crippen molar-refractivity contribution in [1.82, 2.24) is 20.2 Å². The highest BCUT2D eigenvalue weighted by Crippen LogP contribution is 2.27. The molecule has 4 aromatic rings. The molecule has 0 saturated heterocycles. The molecule has 3 aromatic carbocycles. The van der Waals surface area contributed by atoms with Gasteiger partial charge in [0.15, 0.2) is 5.78 Å². The number of allylic oxidation sites excluding steroid dienone is 4. The van der Waals surface area contributed by atoms with Crippen molar-refractivity contribution in [3.63, 3.8) is 0 Å². The number of rotatable bonds is 8. The van der Waals surface area contributed by atoms with E-state index in [1.54, 1.807) is 49.8 Å². The molecular formula is C38H35N7O3. The number of urea groups is 1. The highest BCUT2D eigenvalue weighted by Gasteiger charge is 2.29. The lowest BCUT2D eigenvalue weighted by Gasteiger charge is -2.31. The number of hydrogen-bond acceptors (Lipinski definition) is 7. The maximum atomic E-state index is 13.6. The summed E-state index contributed by atoms with van der Waals surface area (Å²) in [4.78, 5) is 56.5. The molecule has 10 heteroatoms. The second-order valence-electron chi connectivity index (χ2n) is 11.5. The van der Waals surface area contributed by atoms with Crippen LogP contribution in [0.15, 0.2) is 126 Å². The van der Waals surface area contributed by atoms with Gasteiger partial charge in [-0.1, -0.05) is 78.9 Å². The Morgan fingerprint density at radius 1 is 1.02 bits per heavy atom. The first-order chi connectivity index (χ1) is 23.3. The van der Waals surface area contributed by atoms with Gasteiger partial charge in [-0.3, -0.25) is 24.4 Å². The van der Waals surface area contributed by atoms with Gasteiger partial charge in [0.1, 0.15) is 11.9 Å². The van der Waals surface area contributed by atoms with Crippen LogP contribution in [0.2, 0.25) is 0 Å². The standard InChI is InChI=1S/C38H35N7O3/c1-3-4-15-30(18-19-45-24-29-23-40-37(39)43-35(29)44(2)38(45)48)41-36(47)27-16-17-31-28(21-27)22-33(46)32(20-25-11-7-5-8-12-25)42-34(31)26-13-9-6-10-14-26/h3-19,21,23,32H,20,22,24H2,1-2H3,(H,41,47)(H2,39,40,43)/b4-3+,19-18+,30-15+/t32-/m0/s1. The number of anilines is 2. The maximum absolute atomic E-state index is 13.6. The number of nitrogens with one attached hydrogen (secondary N) is 1. The second-order valence-corrected chi connectivity index (χ2v) is 11.5. The average molecular weight is 638 g/mol. The highest BCUT2D eigenvalue weighted by atomic mass is 16.2. The number of Topliss-reactive ketones (excluding diaryl/α,β-unsaturated/α-hetero) is 1. The molecular weight excluding hydrogens is 602 g/mol. The van der Waals surface area contributed by atoms with Crippen molar-refractivity contribution in [2.75, 3.05) is 17.7 Å². The molecule has 1 aromatic heterocycles. The lowest BCUT2D eigenvalue weighted by Crippen LogP contribution is -2.43. The van der Waals surface area contributed by atoms with Gasteiger partial charge in [0.05, 0.1) is 12.3 Å². The summed E-state index contributed by atoms with van der Waals surface area (Å²) in [5.74, 6) is 0.189. The zero-order chi connectivity index (χ0) is 33.6. The Balaban J connectivity index is 1.26. The molecule has 0 radical (unpaired) electrons. The van der Waals surface area contributed by atoms with Crippen molar-refractivity contribution in [3.8, 4) is 0 Å². The molecule has 10 nitrogen and oxygen atoms in total. The Bertz CT molecular complexity index is 1980. The summed E-state index contributed by atoms with van der Waals surface area (Å²) >= 11 is 0. The molecule has 0 unspecified atom stereocenters. The smallest absolute Gasteiger partial charge is 0.329 e. The topological polar surface area (TPSA) is 134 Å². The van der Waals surface area contributed by atoms with Crippen LogP contribution < -0.4 is 16.0 Å². The molecule has 0 saturated carbocycles. The lowest BCUT2D eigenvalue weighted by atomic mass is 9.93. The van der Waals surface area contributed by atoms with Gasteiger partial charge < -0.3 is 11.1 Å². The summed E-state index contributed by atoms with van der Waals surface area (Å²) in [7, 11) is 1.62. The van der Waals surface area contributed by atoms with E-state index in [-0.39, 0.29) is 36.6 Å². The number of nitrogens with two attached hydrogens (primary N) is 1. The predicted molar refractivity (Wildman–Crippen MR) is 186 cm³/mol. The SMILES string of the molecule is C/C=C/C=C(\C=C\N1Cc2cnc(N)nc2N(C)C1=O)NC(=O)c1ccc2c(c1)CC(=O)[C@H](Cc1ccccc1)N=C2c1ccccc1. The zero-order valence-corrected chi connectivity index (χ0v) is 26.7. The molecule has 3 amide bonds. The van der Waals surface area contributed by atoms with E-state index in [9.17, 15) is 14.4 Å². The normalized spacial score (nSPS) is 16.5. The van der Waals surface area contributed by atoms with Crippen LogP contribution in [0.3, 0.4) is 0 Å². The monoisotopic (exact) mass is 637 g/mol. The number of amides is 3. The Kier molecular flexibility index (Phi) is 9.33. The number of aliphatic imine (C=N–C) groups is 1. The minimum absolute atomic E-state index is 0.00831. The van der Waals surface area contributed by atoms with Crippen LogP contribution in [-0.4, -0.2) is 51.4 Å². The maximum Gasteiger partial charge on any atom is 0.329 e. The van der Waals surface area contributed by atoms with Crippen LogP contribution >= 0.6 is 0 Å². The summed E-state index contributed by atoms with van der Waals surface area (Å²) < 4.78 is 0. The van der Waals surface area contributed by atoms with E-state index in [1.165, 1.54) is 9.80 Å². The van der Waals surface area contributed by atoms with E-state index < -0.39 is 6.04 Å². The number of carbonyl (C=O) groups is 3. The van der Waals surface area contributed by atoms with Gasteiger partial charge in [-0.15, -0.1) is 0 Å². The molecule has 2 aliphatic heterocycles. The van der Waals surface area contributed by atoms with Crippen LogP contribution in [0.1, 0.15) is 45.1 Å². The number of carbonyl (C=O) groups excluding carboxylic acids is 3. The lowest BCUT2D eigenvalue weighted by molar-refractivity contribution is -0.119. The average Bonchev–Trinajstić information content (AvgIpc) is 3.24. The van der Waals surface area contributed by atoms with Crippen LogP contribution in [0, 0.1) is 0 Å².